The van der Waals surface area contributed by atoms with Crippen molar-refractivity contribution < 1.29 is 9.84 Å². The average molecular weight is 315 g/mol. The first-order chi connectivity index (χ1) is 10.8. The van der Waals surface area contributed by atoms with Gasteiger partial charge in [-0.1, -0.05) is 6.07 Å². The maximum Gasteiger partial charge on any atom is 0.115 e. The Bertz CT molecular complexity index is 641. The smallest absolute Gasteiger partial charge is 0.115 e. The van der Waals surface area contributed by atoms with Crippen LogP contribution < -0.4 is 0 Å². The van der Waals surface area contributed by atoms with Crippen LogP contribution in [0.3, 0.4) is 0 Å². The summed E-state index contributed by atoms with van der Waals surface area (Å²) in [5.41, 5.74) is 3.96. The molecule has 1 aromatic heterocycles. The summed E-state index contributed by atoms with van der Waals surface area (Å²) in [5.74, 6) is 0.346. The number of aryl methyl sites for hydroxylation is 1. The van der Waals surface area contributed by atoms with Gasteiger partial charge in [-0.15, -0.1) is 0 Å². The van der Waals surface area contributed by atoms with E-state index in [0.29, 0.717) is 11.8 Å². The van der Waals surface area contributed by atoms with Gasteiger partial charge in [-0.25, -0.2) is 0 Å². The van der Waals surface area contributed by atoms with Gasteiger partial charge in [0.2, 0.25) is 0 Å². The van der Waals surface area contributed by atoms with Crippen LogP contribution in [-0.2, 0) is 17.6 Å². The van der Waals surface area contributed by atoms with Crippen LogP contribution in [0.25, 0.3) is 0 Å². The summed E-state index contributed by atoms with van der Waals surface area (Å²) < 4.78 is 6.08. The maximum absolute atomic E-state index is 9.80. The van der Waals surface area contributed by atoms with Crippen LogP contribution in [0.1, 0.15) is 29.2 Å². The van der Waals surface area contributed by atoms with Crippen LogP contribution >= 0.6 is 11.3 Å². The molecular formula is C18H21NO2S. The highest BCUT2D eigenvalue weighted by Crippen LogP contribution is 2.39. The van der Waals surface area contributed by atoms with E-state index in [1.807, 2.05) is 6.07 Å². The second kappa shape index (κ2) is 6.03. The number of nitrogens with zero attached hydrogens (tertiary/aromatic N) is 1. The van der Waals surface area contributed by atoms with E-state index in [4.69, 9.17) is 4.74 Å². The van der Waals surface area contributed by atoms with E-state index in [1.54, 1.807) is 17.4 Å². The summed E-state index contributed by atoms with van der Waals surface area (Å²) >= 11 is 1.77. The van der Waals surface area contributed by atoms with Crippen LogP contribution in [0.15, 0.2) is 35.0 Å². The molecule has 1 N–H and O–H groups in total. The molecule has 116 valence electrons. The van der Waals surface area contributed by atoms with Crippen molar-refractivity contribution >= 4 is 11.3 Å². The zero-order valence-electron chi connectivity index (χ0n) is 12.6. The summed E-state index contributed by atoms with van der Waals surface area (Å²) in [4.78, 5) is 2.58. The van der Waals surface area contributed by atoms with E-state index in [9.17, 15) is 5.11 Å². The van der Waals surface area contributed by atoms with Crippen molar-refractivity contribution in [1.82, 2.24) is 4.90 Å². The highest BCUT2D eigenvalue weighted by Gasteiger charge is 2.37. The lowest BCUT2D eigenvalue weighted by Crippen LogP contribution is -2.49. The molecule has 0 spiro atoms. The number of morpholine rings is 1. The lowest BCUT2D eigenvalue weighted by molar-refractivity contribution is -0.0798. The van der Waals surface area contributed by atoms with E-state index in [1.165, 1.54) is 16.7 Å². The summed E-state index contributed by atoms with van der Waals surface area (Å²) in [7, 11) is 0. The van der Waals surface area contributed by atoms with Gasteiger partial charge in [-0.05, 0) is 64.9 Å². The Morgan fingerprint density at radius 1 is 1.32 bits per heavy atom. The Balaban J connectivity index is 1.52. The highest BCUT2D eigenvalue weighted by atomic mass is 32.1. The van der Waals surface area contributed by atoms with Crippen molar-refractivity contribution in [1.29, 1.82) is 0 Å². The first-order valence-electron chi connectivity index (χ1n) is 8.00. The molecule has 1 aliphatic carbocycles. The Morgan fingerprint density at radius 3 is 3.14 bits per heavy atom. The number of thiophene rings is 1. The average Bonchev–Trinajstić information content (AvgIpc) is 3.06. The van der Waals surface area contributed by atoms with E-state index in [2.05, 4.69) is 27.8 Å². The number of aromatic hydroxyl groups is 1. The normalized spacial score (nSPS) is 24.7. The quantitative estimate of drug-likeness (QED) is 0.942. The summed E-state index contributed by atoms with van der Waals surface area (Å²) in [6, 6.07) is 8.40. The molecule has 2 aliphatic rings. The van der Waals surface area contributed by atoms with Gasteiger partial charge in [0.15, 0.2) is 0 Å². The van der Waals surface area contributed by atoms with Crippen LogP contribution in [0.4, 0.5) is 0 Å². The molecule has 1 fully saturated rings. The van der Waals surface area contributed by atoms with Crippen molar-refractivity contribution in [2.75, 3.05) is 19.7 Å². The fourth-order valence-electron chi connectivity index (χ4n) is 3.76. The molecule has 4 rings (SSSR count). The number of hydrogen-bond donors (Lipinski definition) is 1. The van der Waals surface area contributed by atoms with Gasteiger partial charge in [0.1, 0.15) is 5.75 Å². The molecule has 2 aromatic rings. The van der Waals surface area contributed by atoms with Gasteiger partial charge < -0.3 is 9.84 Å². The van der Waals surface area contributed by atoms with Crippen LogP contribution in [0.2, 0.25) is 0 Å². The molecule has 0 bridgehead atoms. The van der Waals surface area contributed by atoms with Crippen molar-refractivity contribution in [3.05, 3.63) is 51.7 Å². The molecule has 0 saturated carbocycles. The first-order valence-corrected chi connectivity index (χ1v) is 8.94. The van der Waals surface area contributed by atoms with Crippen LogP contribution in [0, 0.1) is 0 Å². The van der Waals surface area contributed by atoms with Crippen molar-refractivity contribution in [3.8, 4) is 5.75 Å². The second-order valence-corrected chi connectivity index (χ2v) is 6.98. The molecule has 1 saturated heterocycles. The lowest BCUT2D eigenvalue weighted by Gasteiger charge is -2.44. The zero-order chi connectivity index (χ0) is 14.9. The third-order valence-electron chi connectivity index (χ3n) is 4.91. The van der Waals surface area contributed by atoms with Crippen molar-refractivity contribution in [2.24, 2.45) is 0 Å². The molecule has 0 radical (unpaired) electrons. The number of benzene rings is 1. The van der Waals surface area contributed by atoms with E-state index >= 15 is 0 Å². The number of rotatable bonds is 3. The minimum Gasteiger partial charge on any atom is -0.508 e. The van der Waals surface area contributed by atoms with Crippen molar-refractivity contribution in [3.63, 3.8) is 0 Å². The molecule has 2 heterocycles. The summed E-state index contributed by atoms with van der Waals surface area (Å²) in [5, 5.41) is 14.2. The molecule has 3 nitrogen and oxygen atoms in total. The third-order valence-corrected chi connectivity index (χ3v) is 5.64. The predicted octanol–water partition coefficient (Wildman–Crippen LogP) is 3.38. The van der Waals surface area contributed by atoms with E-state index < -0.39 is 0 Å². The second-order valence-electron chi connectivity index (χ2n) is 6.20. The minimum absolute atomic E-state index is 0.118. The lowest BCUT2D eigenvalue weighted by atomic mass is 9.84. The number of hydrogen-bond acceptors (Lipinski definition) is 4. The van der Waals surface area contributed by atoms with E-state index in [0.717, 1.165) is 39.0 Å². The number of phenols is 1. The molecule has 4 heteroatoms. The van der Waals surface area contributed by atoms with Crippen LogP contribution in [0.5, 0.6) is 5.75 Å². The minimum atomic E-state index is 0.118. The zero-order valence-corrected chi connectivity index (χ0v) is 13.4. The van der Waals surface area contributed by atoms with Gasteiger partial charge in [0.25, 0.3) is 0 Å². The molecule has 1 aromatic carbocycles. The topological polar surface area (TPSA) is 32.7 Å². The van der Waals surface area contributed by atoms with Gasteiger partial charge in [0, 0.05) is 19.1 Å². The fraction of sp³-hybridized carbons (Fsp3) is 0.444. The number of ether oxygens (including phenoxy) is 1. The Kier molecular flexibility index (Phi) is 3.90. The third kappa shape index (κ3) is 2.67. The Labute approximate surface area is 135 Å². The fourth-order valence-corrected chi connectivity index (χ4v) is 4.46. The predicted molar refractivity (Wildman–Crippen MR) is 88.5 cm³/mol. The number of phenolic OH excluding ortho intramolecular Hbond substituents is 1. The first kappa shape index (κ1) is 14.2. The maximum atomic E-state index is 9.80. The number of fused-ring (bicyclic) bond motifs is 3. The molecule has 22 heavy (non-hydrogen) atoms. The van der Waals surface area contributed by atoms with Crippen LogP contribution in [-0.4, -0.2) is 35.7 Å². The Hall–Kier alpha value is -1.36. The van der Waals surface area contributed by atoms with Gasteiger partial charge >= 0.3 is 0 Å². The van der Waals surface area contributed by atoms with Gasteiger partial charge in [0.05, 0.1) is 12.7 Å². The summed E-state index contributed by atoms with van der Waals surface area (Å²) in [6.45, 7) is 2.88. The molecule has 2 unspecified atom stereocenters. The van der Waals surface area contributed by atoms with E-state index in [-0.39, 0.29) is 6.10 Å². The molecule has 2 atom stereocenters. The largest absolute Gasteiger partial charge is 0.508 e. The molecule has 1 aliphatic heterocycles. The summed E-state index contributed by atoms with van der Waals surface area (Å²) in [6.07, 6.45) is 3.45. The van der Waals surface area contributed by atoms with Gasteiger partial charge in [-0.2, -0.15) is 11.3 Å². The SMILES string of the molecule is Oc1ccc2c(c1)C1OCCN(CCc3ccsc3)C1CC2. The standard InChI is InChI=1S/C18H21NO2S/c20-15-3-1-14-2-4-17-18(16(14)11-15)21-9-8-19(17)7-5-13-6-10-22-12-13/h1,3,6,10-12,17-18,20H,2,4-5,7-9H2. The van der Waals surface area contributed by atoms with Gasteiger partial charge in [-0.3, -0.25) is 4.90 Å². The van der Waals surface area contributed by atoms with Crippen molar-refractivity contribution in [2.45, 2.75) is 31.4 Å². The highest BCUT2D eigenvalue weighted by molar-refractivity contribution is 7.07. The molecule has 0 amide bonds. The monoisotopic (exact) mass is 315 g/mol. The Morgan fingerprint density at radius 2 is 2.27 bits per heavy atom. The molecular weight excluding hydrogens is 294 g/mol.